The van der Waals surface area contributed by atoms with Crippen molar-refractivity contribution in [2.45, 2.75) is 39.4 Å². The van der Waals surface area contributed by atoms with Crippen LogP contribution in [0.2, 0.25) is 0 Å². The van der Waals surface area contributed by atoms with E-state index in [1.807, 2.05) is 6.07 Å². The molecule has 0 aliphatic rings. The molecule has 1 atom stereocenters. The summed E-state index contributed by atoms with van der Waals surface area (Å²) in [7, 11) is 0. The smallest absolute Gasteiger partial charge is 0.146 e. The molecule has 4 nitrogen and oxygen atoms in total. The minimum Gasteiger partial charge on any atom is -0.317 e. The Kier molecular flexibility index (Phi) is 5.10. The highest BCUT2D eigenvalue weighted by molar-refractivity contribution is 9.10. The van der Waals surface area contributed by atoms with Gasteiger partial charge in [-0.1, -0.05) is 35.0 Å². The number of nitrogens with zero attached hydrogens (tertiary/aromatic N) is 3. The van der Waals surface area contributed by atoms with Gasteiger partial charge in [0.1, 0.15) is 12.2 Å². The number of aryl methyl sites for hydroxylation is 1. The van der Waals surface area contributed by atoms with Gasteiger partial charge >= 0.3 is 0 Å². The van der Waals surface area contributed by atoms with Gasteiger partial charge in [0, 0.05) is 17.1 Å². The summed E-state index contributed by atoms with van der Waals surface area (Å²) in [4.78, 5) is 0. The topological polar surface area (TPSA) is 42.7 Å². The maximum atomic E-state index is 4.15. The van der Waals surface area contributed by atoms with Gasteiger partial charge in [-0.2, -0.15) is 0 Å². The molecule has 102 valence electrons. The van der Waals surface area contributed by atoms with Crippen LogP contribution in [0.4, 0.5) is 0 Å². The van der Waals surface area contributed by atoms with Crippen molar-refractivity contribution in [1.82, 2.24) is 20.1 Å². The Hall–Kier alpha value is -1.20. The molecular weight excluding hydrogens is 304 g/mol. The van der Waals surface area contributed by atoms with Crippen LogP contribution in [0.25, 0.3) is 0 Å². The van der Waals surface area contributed by atoms with Crippen LogP contribution < -0.4 is 5.32 Å². The molecule has 0 saturated carbocycles. The Morgan fingerprint density at radius 1 is 1.37 bits per heavy atom. The quantitative estimate of drug-likeness (QED) is 0.887. The van der Waals surface area contributed by atoms with Crippen molar-refractivity contribution in [3.8, 4) is 0 Å². The van der Waals surface area contributed by atoms with Gasteiger partial charge in [0.15, 0.2) is 0 Å². The molecule has 0 radical (unpaired) electrons. The first kappa shape index (κ1) is 14.2. The summed E-state index contributed by atoms with van der Waals surface area (Å²) in [5.41, 5.74) is 1.29. The maximum absolute atomic E-state index is 4.15. The number of rotatable bonds is 6. The van der Waals surface area contributed by atoms with Crippen LogP contribution in [0, 0.1) is 0 Å². The standard InChI is InChI=1S/C14H19BrN4/c1-3-13(11-6-5-7-12(15)8-11)16-9-14-18-17-10-19(14)4-2/h5-8,10,13,16H,3-4,9H2,1-2H3. The molecule has 0 aliphatic carbocycles. The van der Waals surface area contributed by atoms with Crippen molar-refractivity contribution >= 4 is 15.9 Å². The lowest BCUT2D eigenvalue weighted by Gasteiger charge is -2.17. The van der Waals surface area contributed by atoms with Gasteiger partial charge in [-0.05, 0) is 31.0 Å². The molecule has 5 heteroatoms. The van der Waals surface area contributed by atoms with E-state index >= 15 is 0 Å². The highest BCUT2D eigenvalue weighted by Crippen LogP contribution is 2.20. The Labute approximate surface area is 122 Å². The Morgan fingerprint density at radius 3 is 2.89 bits per heavy atom. The summed E-state index contributed by atoms with van der Waals surface area (Å²) in [5.74, 6) is 0.982. The molecule has 1 aromatic heterocycles. The molecule has 2 aromatic rings. The molecule has 1 aromatic carbocycles. The van der Waals surface area contributed by atoms with E-state index in [1.54, 1.807) is 6.33 Å². The predicted octanol–water partition coefficient (Wildman–Crippen LogP) is 3.30. The van der Waals surface area contributed by atoms with E-state index in [1.165, 1.54) is 5.56 Å². The van der Waals surface area contributed by atoms with Gasteiger partial charge in [-0.3, -0.25) is 0 Å². The second-order valence-corrected chi connectivity index (χ2v) is 5.35. The molecule has 2 rings (SSSR count). The van der Waals surface area contributed by atoms with Gasteiger partial charge in [-0.25, -0.2) is 0 Å². The third kappa shape index (κ3) is 3.64. The van der Waals surface area contributed by atoms with Crippen molar-refractivity contribution in [3.63, 3.8) is 0 Å². The van der Waals surface area contributed by atoms with E-state index in [4.69, 9.17) is 0 Å². The van der Waals surface area contributed by atoms with Crippen LogP contribution in [0.3, 0.4) is 0 Å². The molecule has 0 fully saturated rings. The van der Waals surface area contributed by atoms with Gasteiger partial charge in [0.05, 0.1) is 6.54 Å². The second-order valence-electron chi connectivity index (χ2n) is 4.43. The van der Waals surface area contributed by atoms with Crippen molar-refractivity contribution in [2.24, 2.45) is 0 Å². The van der Waals surface area contributed by atoms with E-state index in [-0.39, 0.29) is 0 Å². The number of nitrogens with one attached hydrogen (secondary N) is 1. The first-order valence-electron chi connectivity index (χ1n) is 6.60. The van der Waals surface area contributed by atoms with Gasteiger partial charge < -0.3 is 9.88 Å². The fraction of sp³-hybridized carbons (Fsp3) is 0.429. The van der Waals surface area contributed by atoms with E-state index in [0.29, 0.717) is 6.04 Å². The minimum atomic E-state index is 0.333. The van der Waals surface area contributed by atoms with E-state index in [9.17, 15) is 0 Å². The SMILES string of the molecule is CCC(NCc1nncn1CC)c1cccc(Br)c1. The molecule has 0 aliphatic heterocycles. The van der Waals surface area contributed by atoms with Crippen LogP contribution in [0.1, 0.15) is 37.7 Å². The number of aromatic nitrogens is 3. The third-order valence-electron chi connectivity index (χ3n) is 3.20. The molecule has 0 amide bonds. The van der Waals surface area contributed by atoms with Crippen LogP contribution in [0.15, 0.2) is 35.1 Å². The van der Waals surface area contributed by atoms with Crippen molar-refractivity contribution < 1.29 is 0 Å². The molecule has 19 heavy (non-hydrogen) atoms. The van der Waals surface area contributed by atoms with Crippen LogP contribution in [-0.4, -0.2) is 14.8 Å². The number of halogens is 1. The van der Waals surface area contributed by atoms with Crippen molar-refractivity contribution in [1.29, 1.82) is 0 Å². The van der Waals surface area contributed by atoms with E-state index in [2.05, 4.69) is 68.1 Å². The van der Waals surface area contributed by atoms with Gasteiger partial charge in [0.2, 0.25) is 0 Å². The fourth-order valence-corrected chi connectivity index (χ4v) is 2.53. The summed E-state index contributed by atoms with van der Waals surface area (Å²) >= 11 is 3.52. The summed E-state index contributed by atoms with van der Waals surface area (Å²) in [6.45, 7) is 5.91. The summed E-state index contributed by atoms with van der Waals surface area (Å²) < 4.78 is 3.17. The van der Waals surface area contributed by atoms with Gasteiger partial charge in [-0.15, -0.1) is 10.2 Å². The zero-order chi connectivity index (χ0) is 13.7. The summed E-state index contributed by atoms with van der Waals surface area (Å²) in [6, 6.07) is 8.75. The van der Waals surface area contributed by atoms with Crippen molar-refractivity contribution in [3.05, 3.63) is 46.5 Å². The molecule has 0 saturated heterocycles. The lowest BCUT2D eigenvalue weighted by molar-refractivity contribution is 0.496. The molecule has 1 heterocycles. The first-order chi connectivity index (χ1) is 9.24. The Balaban J connectivity index is 2.04. The lowest BCUT2D eigenvalue weighted by Crippen LogP contribution is -2.22. The third-order valence-corrected chi connectivity index (χ3v) is 3.70. The second kappa shape index (κ2) is 6.82. The van der Waals surface area contributed by atoms with E-state index < -0.39 is 0 Å². The predicted molar refractivity (Wildman–Crippen MR) is 79.7 cm³/mol. The van der Waals surface area contributed by atoms with Crippen LogP contribution >= 0.6 is 15.9 Å². The van der Waals surface area contributed by atoms with E-state index in [0.717, 1.165) is 29.8 Å². The highest BCUT2D eigenvalue weighted by atomic mass is 79.9. The highest BCUT2D eigenvalue weighted by Gasteiger charge is 2.11. The monoisotopic (exact) mass is 322 g/mol. The molecule has 0 spiro atoms. The van der Waals surface area contributed by atoms with Gasteiger partial charge in [0.25, 0.3) is 0 Å². The average molecular weight is 323 g/mol. The molecule has 1 N–H and O–H groups in total. The summed E-state index contributed by atoms with van der Waals surface area (Å²) in [5, 5.41) is 11.6. The van der Waals surface area contributed by atoms with Crippen molar-refractivity contribution in [2.75, 3.05) is 0 Å². The number of hydrogen-bond donors (Lipinski definition) is 1. The Bertz CT molecular complexity index is 524. The molecular formula is C14H19BrN4. The normalized spacial score (nSPS) is 12.6. The zero-order valence-electron chi connectivity index (χ0n) is 11.3. The summed E-state index contributed by atoms with van der Waals surface area (Å²) in [6.07, 6.45) is 2.81. The maximum Gasteiger partial charge on any atom is 0.146 e. The number of hydrogen-bond acceptors (Lipinski definition) is 3. The zero-order valence-corrected chi connectivity index (χ0v) is 12.9. The Morgan fingerprint density at radius 2 is 2.21 bits per heavy atom. The molecule has 1 unspecified atom stereocenters. The molecule has 0 bridgehead atoms. The minimum absolute atomic E-state index is 0.333. The van der Waals surface area contributed by atoms with Crippen LogP contribution in [0.5, 0.6) is 0 Å². The van der Waals surface area contributed by atoms with Crippen LogP contribution in [-0.2, 0) is 13.1 Å². The lowest BCUT2D eigenvalue weighted by atomic mass is 10.0. The first-order valence-corrected chi connectivity index (χ1v) is 7.39. The largest absolute Gasteiger partial charge is 0.317 e. The number of benzene rings is 1. The average Bonchev–Trinajstić information content (AvgIpc) is 2.87. The fourth-order valence-electron chi connectivity index (χ4n) is 2.12.